The van der Waals surface area contributed by atoms with Crippen molar-refractivity contribution in [1.29, 1.82) is 0 Å². The average molecular weight is 437 g/mol. The summed E-state index contributed by atoms with van der Waals surface area (Å²) in [5.74, 6) is 0.784. The molecule has 0 radical (unpaired) electrons. The van der Waals surface area contributed by atoms with Crippen LogP contribution < -0.4 is 0 Å². The number of thioether (sulfide) groups is 1. The normalized spacial score (nSPS) is 19.3. The minimum absolute atomic E-state index is 0.169. The highest BCUT2D eigenvalue weighted by Gasteiger charge is 2.35. The van der Waals surface area contributed by atoms with Crippen LogP contribution in [0.15, 0.2) is 35.2 Å². The van der Waals surface area contributed by atoms with Crippen LogP contribution in [0.5, 0.6) is 0 Å². The third kappa shape index (κ3) is 4.52. The fraction of sp³-hybridized carbons (Fsp3) is 0.462. The highest BCUT2D eigenvalue weighted by Crippen LogP contribution is 2.35. The van der Waals surface area contributed by atoms with E-state index in [-0.39, 0.29) is 17.1 Å². The summed E-state index contributed by atoms with van der Waals surface area (Å²) in [4.78, 5) is 26.9. The summed E-state index contributed by atoms with van der Waals surface area (Å²) in [6.07, 6.45) is 8.53. The van der Waals surface area contributed by atoms with Gasteiger partial charge in [-0.25, -0.2) is 0 Å². The molecule has 2 aliphatic rings. The summed E-state index contributed by atoms with van der Waals surface area (Å²) in [5, 5.41) is -0.169. The van der Waals surface area contributed by atoms with Crippen molar-refractivity contribution >= 4 is 29.0 Å². The van der Waals surface area contributed by atoms with Crippen LogP contribution in [0.4, 0.5) is 4.79 Å². The van der Waals surface area contributed by atoms with Crippen molar-refractivity contribution in [3.05, 3.63) is 57.8 Å². The zero-order valence-corrected chi connectivity index (χ0v) is 19.8. The Morgan fingerprint density at radius 3 is 2.39 bits per heavy atom. The molecular weight excluding hydrogens is 404 g/mol. The van der Waals surface area contributed by atoms with Gasteiger partial charge in [0.2, 0.25) is 0 Å². The Labute approximate surface area is 189 Å². The number of rotatable bonds is 5. The second-order valence-corrected chi connectivity index (χ2v) is 10.3. The Morgan fingerprint density at radius 2 is 1.74 bits per heavy atom. The highest BCUT2D eigenvalue weighted by molar-refractivity contribution is 8.18. The van der Waals surface area contributed by atoms with Gasteiger partial charge in [-0.05, 0) is 85.7 Å². The Kier molecular flexibility index (Phi) is 6.42. The molecule has 4 rings (SSSR count). The van der Waals surface area contributed by atoms with Gasteiger partial charge >= 0.3 is 0 Å². The summed E-state index contributed by atoms with van der Waals surface area (Å²) >= 11 is 1.05. The van der Waals surface area contributed by atoms with Crippen molar-refractivity contribution in [3.63, 3.8) is 0 Å². The summed E-state index contributed by atoms with van der Waals surface area (Å²) < 4.78 is 2.23. The van der Waals surface area contributed by atoms with Gasteiger partial charge in [0, 0.05) is 23.6 Å². The largest absolute Gasteiger partial charge is 0.318 e. The quantitative estimate of drug-likeness (QED) is 0.482. The first-order valence-corrected chi connectivity index (χ1v) is 12.2. The fourth-order valence-corrected chi connectivity index (χ4v) is 5.67. The van der Waals surface area contributed by atoms with Crippen LogP contribution in [0, 0.1) is 19.8 Å². The number of amides is 2. The zero-order valence-electron chi connectivity index (χ0n) is 19.0. The van der Waals surface area contributed by atoms with E-state index in [1.54, 1.807) is 0 Å². The standard InChI is InChI=1S/C26H32N2O2S/c1-17(2)16-27-25(29)24(31-26(27)30)15-22-14-18(3)28(19(22)4)23-12-10-21(11-13-23)20-8-6-5-7-9-20/h10-15,17,20H,5-9,16H2,1-4H3/b24-15-. The Bertz CT molecular complexity index is 1010. The number of benzene rings is 1. The molecule has 2 aromatic rings. The van der Waals surface area contributed by atoms with Gasteiger partial charge in [0.1, 0.15) is 0 Å². The molecule has 1 saturated carbocycles. The van der Waals surface area contributed by atoms with E-state index in [9.17, 15) is 9.59 Å². The predicted octanol–water partition coefficient (Wildman–Crippen LogP) is 6.83. The van der Waals surface area contributed by atoms with Crippen molar-refractivity contribution in [2.75, 3.05) is 6.54 Å². The summed E-state index contributed by atoms with van der Waals surface area (Å²) in [5.41, 5.74) is 5.78. The maximum absolute atomic E-state index is 12.7. The molecule has 0 atom stereocenters. The van der Waals surface area contributed by atoms with E-state index < -0.39 is 0 Å². The van der Waals surface area contributed by atoms with E-state index in [2.05, 4.69) is 48.7 Å². The number of aryl methyl sites for hydroxylation is 1. The summed E-state index contributed by atoms with van der Waals surface area (Å²) in [6, 6.07) is 11.1. The molecule has 164 valence electrons. The topological polar surface area (TPSA) is 42.3 Å². The van der Waals surface area contributed by atoms with Crippen molar-refractivity contribution < 1.29 is 9.59 Å². The maximum atomic E-state index is 12.7. The van der Waals surface area contributed by atoms with Crippen molar-refractivity contribution in [2.24, 2.45) is 5.92 Å². The van der Waals surface area contributed by atoms with Crippen LogP contribution in [0.2, 0.25) is 0 Å². The Hall–Kier alpha value is -2.27. The molecule has 1 aromatic carbocycles. The van der Waals surface area contributed by atoms with E-state index in [1.165, 1.54) is 42.6 Å². The number of hydrogen-bond acceptors (Lipinski definition) is 3. The van der Waals surface area contributed by atoms with Gasteiger partial charge in [-0.1, -0.05) is 45.2 Å². The molecule has 31 heavy (non-hydrogen) atoms. The fourth-order valence-electron chi connectivity index (χ4n) is 4.83. The molecule has 0 spiro atoms. The van der Waals surface area contributed by atoms with Crippen LogP contribution in [-0.2, 0) is 4.79 Å². The first-order chi connectivity index (χ1) is 14.8. The van der Waals surface area contributed by atoms with E-state index in [1.807, 2.05) is 19.9 Å². The van der Waals surface area contributed by atoms with Crippen LogP contribution in [0.1, 0.15) is 74.4 Å². The predicted molar refractivity (Wildman–Crippen MR) is 129 cm³/mol. The average Bonchev–Trinajstić information content (AvgIpc) is 3.18. The molecule has 1 aliphatic heterocycles. The molecule has 4 nitrogen and oxygen atoms in total. The van der Waals surface area contributed by atoms with Gasteiger partial charge in [-0.3, -0.25) is 14.5 Å². The second kappa shape index (κ2) is 9.07. The molecule has 1 saturated heterocycles. The third-order valence-electron chi connectivity index (χ3n) is 6.41. The number of aromatic nitrogens is 1. The zero-order chi connectivity index (χ0) is 22.1. The van der Waals surface area contributed by atoms with E-state index in [4.69, 9.17) is 0 Å². The maximum Gasteiger partial charge on any atom is 0.293 e. The third-order valence-corrected chi connectivity index (χ3v) is 7.31. The lowest BCUT2D eigenvalue weighted by Gasteiger charge is -2.22. The summed E-state index contributed by atoms with van der Waals surface area (Å²) in [7, 11) is 0. The second-order valence-electron chi connectivity index (χ2n) is 9.27. The SMILES string of the molecule is Cc1cc(/C=C2\SC(=O)N(CC(C)C)C2=O)c(C)n1-c1ccc(C2CCCCC2)cc1. The molecule has 0 N–H and O–H groups in total. The number of carbonyl (C=O) groups is 2. The van der Waals surface area contributed by atoms with Crippen LogP contribution in [-0.4, -0.2) is 27.2 Å². The lowest BCUT2D eigenvalue weighted by atomic mass is 9.84. The molecule has 0 unspecified atom stereocenters. The Morgan fingerprint density at radius 1 is 1.06 bits per heavy atom. The molecule has 2 amide bonds. The molecule has 5 heteroatoms. The minimum Gasteiger partial charge on any atom is -0.318 e. The lowest BCUT2D eigenvalue weighted by molar-refractivity contribution is -0.123. The number of nitrogens with zero attached hydrogens (tertiary/aromatic N) is 2. The van der Waals surface area contributed by atoms with Gasteiger partial charge in [0.25, 0.3) is 11.1 Å². The molecule has 2 heterocycles. The number of imide groups is 1. The monoisotopic (exact) mass is 436 g/mol. The van der Waals surface area contributed by atoms with Gasteiger partial charge in [-0.15, -0.1) is 0 Å². The minimum atomic E-state index is -0.176. The van der Waals surface area contributed by atoms with Crippen molar-refractivity contribution in [1.82, 2.24) is 9.47 Å². The molecule has 1 aliphatic carbocycles. The van der Waals surface area contributed by atoms with Crippen LogP contribution >= 0.6 is 11.8 Å². The lowest BCUT2D eigenvalue weighted by Crippen LogP contribution is -2.31. The Balaban J connectivity index is 1.59. The van der Waals surface area contributed by atoms with Gasteiger partial charge in [0.05, 0.1) is 4.91 Å². The molecule has 0 bridgehead atoms. The van der Waals surface area contributed by atoms with Gasteiger partial charge in [-0.2, -0.15) is 0 Å². The highest BCUT2D eigenvalue weighted by atomic mass is 32.2. The number of hydrogen-bond donors (Lipinski definition) is 0. The van der Waals surface area contributed by atoms with Crippen LogP contribution in [0.25, 0.3) is 11.8 Å². The van der Waals surface area contributed by atoms with Crippen molar-refractivity contribution in [3.8, 4) is 5.69 Å². The van der Waals surface area contributed by atoms with Gasteiger partial charge in [0.15, 0.2) is 0 Å². The molecule has 2 fully saturated rings. The molecule has 1 aromatic heterocycles. The van der Waals surface area contributed by atoms with Crippen molar-refractivity contribution in [2.45, 2.75) is 65.7 Å². The van der Waals surface area contributed by atoms with E-state index in [0.29, 0.717) is 17.4 Å². The van der Waals surface area contributed by atoms with Crippen LogP contribution in [0.3, 0.4) is 0 Å². The first-order valence-electron chi connectivity index (χ1n) is 11.4. The summed E-state index contributed by atoms with van der Waals surface area (Å²) in [6.45, 7) is 8.66. The van der Waals surface area contributed by atoms with E-state index >= 15 is 0 Å². The molecular formula is C26H32N2O2S. The van der Waals surface area contributed by atoms with Gasteiger partial charge < -0.3 is 4.57 Å². The number of carbonyl (C=O) groups excluding carboxylic acids is 2. The van der Waals surface area contributed by atoms with E-state index in [0.717, 1.165) is 34.4 Å². The smallest absolute Gasteiger partial charge is 0.293 e. The first kappa shape index (κ1) is 21.9.